The Morgan fingerprint density at radius 3 is 2.97 bits per heavy atom. The molecule has 1 amide bonds. The summed E-state index contributed by atoms with van der Waals surface area (Å²) in [6.45, 7) is 4.72. The second kappa shape index (κ2) is 8.61. The summed E-state index contributed by atoms with van der Waals surface area (Å²) in [5.74, 6) is 1.96. The van der Waals surface area contributed by atoms with Crippen LogP contribution in [0.15, 0.2) is 42.7 Å². The van der Waals surface area contributed by atoms with E-state index in [4.69, 9.17) is 14.5 Å². The molecule has 1 saturated heterocycles. The summed E-state index contributed by atoms with van der Waals surface area (Å²) in [7, 11) is 1.70. The number of carbonyl (C=O) groups is 1. The Bertz CT molecular complexity index is 1000. The van der Waals surface area contributed by atoms with E-state index in [-0.39, 0.29) is 18.4 Å². The Morgan fingerprint density at radius 2 is 2.14 bits per heavy atom. The van der Waals surface area contributed by atoms with Crippen LogP contribution in [0.25, 0.3) is 11.0 Å². The molecule has 0 N–H and O–H groups in total. The summed E-state index contributed by atoms with van der Waals surface area (Å²) in [5.41, 5.74) is 2.96. The molecule has 29 heavy (non-hydrogen) atoms. The number of imidazole rings is 1. The third kappa shape index (κ3) is 4.10. The Kier molecular flexibility index (Phi) is 5.76. The van der Waals surface area contributed by atoms with E-state index in [0.717, 1.165) is 41.1 Å². The van der Waals surface area contributed by atoms with Gasteiger partial charge in [-0.05, 0) is 31.0 Å². The maximum Gasteiger partial charge on any atom is 0.260 e. The number of rotatable bonds is 7. The molecule has 7 nitrogen and oxygen atoms in total. The Hall–Kier alpha value is -2.93. The number of hydrogen-bond donors (Lipinski definition) is 0. The Labute approximate surface area is 170 Å². The number of fused-ring (bicyclic) bond motifs is 1. The molecule has 1 fully saturated rings. The maximum atomic E-state index is 12.7. The van der Waals surface area contributed by atoms with Crippen LogP contribution in [0.2, 0.25) is 0 Å². The number of likely N-dealkylation sites (tertiary alicyclic amines) is 1. The van der Waals surface area contributed by atoms with Gasteiger partial charge in [-0.25, -0.2) is 4.98 Å². The van der Waals surface area contributed by atoms with Crippen molar-refractivity contribution in [2.75, 3.05) is 33.4 Å². The van der Waals surface area contributed by atoms with Crippen LogP contribution in [0.3, 0.4) is 0 Å². The van der Waals surface area contributed by atoms with Crippen molar-refractivity contribution < 1.29 is 14.3 Å². The van der Waals surface area contributed by atoms with Gasteiger partial charge in [0.25, 0.3) is 5.91 Å². The average Bonchev–Trinajstić information content (AvgIpc) is 3.36. The minimum atomic E-state index is 0.0111. The zero-order valence-corrected chi connectivity index (χ0v) is 16.9. The number of hydrogen-bond acceptors (Lipinski definition) is 5. The molecule has 0 aliphatic carbocycles. The van der Waals surface area contributed by atoms with E-state index in [9.17, 15) is 4.79 Å². The molecule has 0 bridgehead atoms. The number of aryl methyl sites for hydroxylation is 1. The van der Waals surface area contributed by atoms with Gasteiger partial charge in [0.2, 0.25) is 0 Å². The molecule has 1 aliphatic rings. The molecule has 0 spiro atoms. The highest BCUT2D eigenvalue weighted by molar-refractivity contribution is 5.78. The Balaban J connectivity index is 1.45. The first kappa shape index (κ1) is 19.4. The first-order valence-electron chi connectivity index (χ1n) is 9.92. The van der Waals surface area contributed by atoms with Crippen LogP contribution in [0.1, 0.15) is 23.7 Å². The van der Waals surface area contributed by atoms with Crippen molar-refractivity contribution in [3.8, 4) is 5.75 Å². The predicted octanol–water partition coefficient (Wildman–Crippen LogP) is 2.78. The third-order valence-corrected chi connectivity index (χ3v) is 5.45. The van der Waals surface area contributed by atoms with Gasteiger partial charge in [0.15, 0.2) is 6.61 Å². The summed E-state index contributed by atoms with van der Waals surface area (Å²) in [5, 5.41) is 0. The molecule has 1 aliphatic heterocycles. The molecule has 2 aromatic heterocycles. The number of carbonyl (C=O) groups excluding carboxylic acids is 1. The lowest BCUT2D eigenvalue weighted by atomic mass is 10.1. The number of para-hydroxylation sites is 1. The number of aromatic nitrogens is 3. The molecular formula is C22H26N4O3. The normalized spacial score (nSPS) is 16.5. The van der Waals surface area contributed by atoms with Crippen LogP contribution in [0, 0.1) is 6.92 Å². The molecular weight excluding hydrogens is 368 g/mol. The van der Waals surface area contributed by atoms with Gasteiger partial charge in [-0.15, -0.1) is 0 Å². The van der Waals surface area contributed by atoms with E-state index < -0.39 is 0 Å². The van der Waals surface area contributed by atoms with Crippen LogP contribution in [0.4, 0.5) is 0 Å². The molecule has 0 radical (unpaired) electrons. The summed E-state index contributed by atoms with van der Waals surface area (Å²) in [6.07, 6.45) is 4.49. The minimum Gasteiger partial charge on any atom is -0.484 e. The predicted molar refractivity (Wildman–Crippen MR) is 110 cm³/mol. The third-order valence-electron chi connectivity index (χ3n) is 5.45. The number of amides is 1. The van der Waals surface area contributed by atoms with Crippen molar-refractivity contribution in [2.24, 2.45) is 0 Å². The molecule has 1 atom stereocenters. The zero-order chi connectivity index (χ0) is 20.2. The van der Waals surface area contributed by atoms with Crippen LogP contribution in [0.5, 0.6) is 5.75 Å². The second-order valence-electron chi connectivity index (χ2n) is 7.36. The molecule has 1 aromatic carbocycles. The molecule has 4 rings (SSSR count). The lowest BCUT2D eigenvalue weighted by molar-refractivity contribution is -0.132. The number of benzene rings is 1. The molecule has 0 saturated carbocycles. The van der Waals surface area contributed by atoms with Gasteiger partial charge in [0.05, 0.1) is 23.8 Å². The quantitative estimate of drug-likeness (QED) is 0.616. The van der Waals surface area contributed by atoms with Crippen LogP contribution in [-0.4, -0.2) is 58.8 Å². The molecule has 3 aromatic rings. The lowest BCUT2D eigenvalue weighted by Crippen LogP contribution is -2.33. The van der Waals surface area contributed by atoms with Crippen molar-refractivity contribution in [2.45, 2.75) is 25.8 Å². The molecule has 3 heterocycles. The number of methoxy groups -OCH3 is 1. The summed E-state index contributed by atoms with van der Waals surface area (Å²) < 4.78 is 13.2. The van der Waals surface area contributed by atoms with E-state index >= 15 is 0 Å². The zero-order valence-electron chi connectivity index (χ0n) is 16.9. The summed E-state index contributed by atoms with van der Waals surface area (Å²) in [6, 6.07) is 9.67. The largest absolute Gasteiger partial charge is 0.484 e. The molecule has 7 heteroatoms. The minimum absolute atomic E-state index is 0.0111. The second-order valence-corrected chi connectivity index (χ2v) is 7.36. The van der Waals surface area contributed by atoms with E-state index in [1.165, 1.54) is 0 Å². The monoisotopic (exact) mass is 394 g/mol. The van der Waals surface area contributed by atoms with Crippen LogP contribution >= 0.6 is 0 Å². The number of ether oxygens (including phenoxy) is 2. The summed E-state index contributed by atoms with van der Waals surface area (Å²) >= 11 is 0. The van der Waals surface area contributed by atoms with Gasteiger partial charge in [-0.2, -0.15) is 0 Å². The Morgan fingerprint density at radius 1 is 1.28 bits per heavy atom. The first-order valence-corrected chi connectivity index (χ1v) is 9.92. The highest BCUT2D eigenvalue weighted by atomic mass is 16.5. The number of nitrogens with zero attached hydrogens (tertiary/aromatic N) is 4. The fraction of sp³-hybridized carbons (Fsp3) is 0.409. The highest BCUT2D eigenvalue weighted by Gasteiger charge is 2.31. The molecule has 152 valence electrons. The average molecular weight is 394 g/mol. The van der Waals surface area contributed by atoms with Gasteiger partial charge in [0, 0.05) is 38.9 Å². The highest BCUT2D eigenvalue weighted by Crippen LogP contribution is 2.29. The fourth-order valence-corrected chi connectivity index (χ4v) is 3.86. The van der Waals surface area contributed by atoms with Crippen LogP contribution < -0.4 is 4.74 Å². The smallest absolute Gasteiger partial charge is 0.260 e. The van der Waals surface area contributed by atoms with Crippen molar-refractivity contribution in [1.29, 1.82) is 0 Å². The summed E-state index contributed by atoms with van der Waals surface area (Å²) in [4.78, 5) is 23.6. The van der Waals surface area contributed by atoms with E-state index in [1.807, 2.05) is 48.4 Å². The fourth-order valence-electron chi connectivity index (χ4n) is 3.86. The molecule has 0 unspecified atom stereocenters. The number of pyridine rings is 1. The van der Waals surface area contributed by atoms with Gasteiger partial charge < -0.3 is 18.9 Å². The SMILES string of the molecule is COCCn1c([C@@H]2CCN(C(=O)COc3ccccc3C)C2)nc2ccncc21. The standard InChI is InChI=1S/C22H26N4O3/c1-16-5-3-4-6-20(16)29-15-21(27)25-10-8-17(14-25)22-24-18-7-9-23-13-19(18)26(22)11-12-28-2/h3-7,9,13,17H,8,10-12,14-15H2,1-2H3/t17-/m1/s1. The first-order chi connectivity index (χ1) is 14.2. The van der Waals surface area contributed by atoms with E-state index in [2.05, 4.69) is 9.55 Å². The van der Waals surface area contributed by atoms with Gasteiger partial charge in [0.1, 0.15) is 11.6 Å². The van der Waals surface area contributed by atoms with Crippen molar-refractivity contribution in [1.82, 2.24) is 19.4 Å². The van der Waals surface area contributed by atoms with Crippen LogP contribution in [-0.2, 0) is 16.1 Å². The van der Waals surface area contributed by atoms with E-state index in [0.29, 0.717) is 19.7 Å². The maximum absolute atomic E-state index is 12.7. The topological polar surface area (TPSA) is 69.5 Å². The van der Waals surface area contributed by atoms with Gasteiger partial charge in [-0.1, -0.05) is 18.2 Å². The van der Waals surface area contributed by atoms with E-state index in [1.54, 1.807) is 13.3 Å². The van der Waals surface area contributed by atoms with Crippen molar-refractivity contribution in [3.63, 3.8) is 0 Å². The van der Waals surface area contributed by atoms with Gasteiger partial charge in [-0.3, -0.25) is 9.78 Å². The van der Waals surface area contributed by atoms with Crippen molar-refractivity contribution >= 4 is 16.9 Å². The van der Waals surface area contributed by atoms with Crippen molar-refractivity contribution in [3.05, 3.63) is 54.1 Å². The van der Waals surface area contributed by atoms with Gasteiger partial charge >= 0.3 is 0 Å². The lowest BCUT2D eigenvalue weighted by Gasteiger charge is -2.18.